The van der Waals surface area contributed by atoms with Crippen LogP contribution in [0.5, 0.6) is 0 Å². The third kappa shape index (κ3) is 2.90. The first-order chi connectivity index (χ1) is 10.0. The highest BCUT2D eigenvalue weighted by molar-refractivity contribution is 6.31. The number of nitrogens with zero attached hydrogens (tertiary/aromatic N) is 2. The zero-order valence-corrected chi connectivity index (χ0v) is 12.6. The molecule has 0 aliphatic carbocycles. The molecular weight excluding hydrogens is 292 g/mol. The number of benzene rings is 1. The summed E-state index contributed by atoms with van der Waals surface area (Å²) in [6.07, 6.45) is 0. The fourth-order valence-corrected chi connectivity index (χ4v) is 2.85. The van der Waals surface area contributed by atoms with Gasteiger partial charge in [0.15, 0.2) is 0 Å². The molecule has 112 valence electrons. The Morgan fingerprint density at radius 1 is 1.33 bits per heavy atom. The standard InChI is InChI=1S/C15H17ClN2O3/c1-17-4-6-18(7-5-17)9-12-11-8-10(16)2-3-13(11)21-14(12)15(19)20/h2-3,8H,4-7,9H2,1H3,(H,19,20). The van der Waals surface area contributed by atoms with Crippen molar-refractivity contribution in [2.75, 3.05) is 33.2 Å². The summed E-state index contributed by atoms with van der Waals surface area (Å²) >= 11 is 6.03. The second-order valence-corrected chi connectivity index (χ2v) is 5.87. The van der Waals surface area contributed by atoms with E-state index in [4.69, 9.17) is 16.0 Å². The average molecular weight is 309 g/mol. The summed E-state index contributed by atoms with van der Waals surface area (Å²) in [6, 6.07) is 5.20. The van der Waals surface area contributed by atoms with Gasteiger partial charge >= 0.3 is 5.97 Å². The van der Waals surface area contributed by atoms with Crippen LogP contribution >= 0.6 is 11.6 Å². The molecule has 0 amide bonds. The Morgan fingerprint density at radius 2 is 2.05 bits per heavy atom. The Morgan fingerprint density at radius 3 is 2.71 bits per heavy atom. The number of rotatable bonds is 3. The molecule has 1 aromatic heterocycles. The lowest BCUT2D eigenvalue weighted by Crippen LogP contribution is -2.44. The molecule has 1 aliphatic rings. The lowest BCUT2D eigenvalue weighted by molar-refractivity contribution is 0.0660. The first-order valence-corrected chi connectivity index (χ1v) is 7.27. The van der Waals surface area contributed by atoms with Crippen molar-refractivity contribution in [3.05, 3.63) is 34.5 Å². The molecule has 2 aromatic rings. The van der Waals surface area contributed by atoms with Gasteiger partial charge in [0.05, 0.1) is 0 Å². The van der Waals surface area contributed by atoms with E-state index in [2.05, 4.69) is 16.8 Å². The normalized spacial score (nSPS) is 17.4. The minimum Gasteiger partial charge on any atom is -0.475 e. The number of hydrogen-bond acceptors (Lipinski definition) is 4. The van der Waals surface area contributed by atoms with Gasteiger partial charge in [0.25, 0.3) is 0 Å². The molecule has 0 spiro atoms. The van der Waals surface area contributed by atoms with E-state index in [0.29, 0.717) is 22.7 Å². The molecule has 0 atom stereocenters. The summed E-state index contributed by atoms with van der Waals surface area (Å²) in [5, 5.41) is 10.7. The van der Waals surface area contributed by atoms with Gasteiger partial charge in [-0.15, -0.1) is 0 Å². The van der Waals surface area contributed by atoms with Crippen molar-refractivity contribution in [2.45, 2.75) is 6.54 Å². The maximum Gasteiger partial charge on any atom is 0.372 e. The zero-order valence-electron chi connectivity index (χ0n) is 11.8. The average Bonchev–Trinajstić information content (AvgIpc) is 2.80. The van der Waals surface area contributed by atoms with Gasteiger partial charge in [-0.2, -0.15) is 0 Å². The second-order valence-electron chi connectivity index (χ2n) is 5.43. The van der Waals surface area contributed by atoms with E-state index in [1.807, 2.05) is 0 Å². The summed E-state index contributed by atoms with van der Waals surface area (Å²) in [5.41, 5.74) is 1.28. The number of furan rings is 1. The largest absolute Gasteiger partial charge is 0.475 e. The van der Waals surface area contributed by atoms with Crippen LogP contribution in [-0.4, -0.2) is 54.1 Å². The molecule has 1 aliphatic heterocycles. The van der Waals surface area contributed by atoms with Crippen LogP contribution in [0.4, 0.5) is 0 Å². The topological polar surface area (TPSA) is 56.9 Å². The molecular formula is C15H17ClN2O3. The van der Waals surface area contributed by atoms with Crippen molar-refractivity contribution < 1.29 is 14.3 Å². The van der Waals surface area contributed by atoms with Gasteiger partial charge in [-0.3, -0.25) is 4.90 Å². The third-order valence-corrected chi connectivity index (χ3v) is 4.16. The van der Waals surface area contributed by atoms with Crippen LogP contribution in [0.3, 0.4) is 0 Å². The smallest absolute Gasteiger partial charge is 0.372 e. The van der Waals surface area contributed by atoms with Crippen molar-refractivity contribution in [1.29, 1.82) is 0 Å². The number of likely N-dealkylation sites (N-methyl/N-ethyl adjacent to an activating group) is 1. The van der Waals surface area contributed by atoms with Gasteiger partial charge in [0.2, 0.25) is 5.76 Å². The molecule has 6 heteroatoms. The van der Waals surface area contributed by atoms with Gasteiger partial charge in [-0.05, 0) is 25.2 Å². The fourth-order valence-electron chi connectivity index (χ4n) is 2.68. The summed E-state index contributed by atoms with van der Waals surface area (Å²) in [7, 11) is 2.09. The van der Waals surface area contributed by atoms with Crippen molar-refractivity contribution in [2.24, 2.45) is 0 Å². The predicted octanol–water partition coefficient (Wildman–Crippen LogP) is 2.53. The van der Waals surface area contributed by atoms with Crippen LogP contribution in [0.2, 0.25) is 5.02 Å². The van der Waals surface area contributed by atoms with Gasteiger partial charge < -0.3 is 14.4 Å². The molecule has 2 heterocycles. The highest BCUT2D eigenvalue weighted by Crippen LogP contribution is 2.30. The van der Waals surface area contributed by atoms with E-state index in [1.54, 1.807) is 18.2 Å². The van der Waals surface area contributed by atoms with Gasteiger partial charge in [0, 0.05) is 48.7 Å². The minimum absolute atomic E-state index is 0.0196. The summed E-state index contributed by atoms with van der Waals surface area (Å²) in [6.45, 7) is 4.38. The summed E-state index contributed by atoms with van der Waals surface area (Å²) < 4.78 is 5.48. The number of piperazine rings is 1. The third-order valence-electron chi connectivity index (χ3n) is 3.92. The quantitative estimate of drug-likeness (QED) is 0.944. The fraction of sp³-hybridized carbons (Fsp3) is 0.400. The van der Waals surface area contributed by atoms with Crippen molar-refractivity contribution in [3.8, 4) is 0 Å². The predicted molar refractivity (Wildman–Crippen MR) is 81.0 cm³/mol. The van der Waals surface area contributed by atoms with E-state index in [0.717, 1.165) is 31.6 Å². The Balaban J connectivity index is 1.97. The molecule has 1 saturated heterocycles. The molecule has 0 unspecified atom stereocenters. The number of fused-ring (bicyclic) bond motifs is 1. The first kappa shape index (κ1) is 14.4. The summed E-state index contributed by atoms with van der Waals surface area (Å²) in [4.78, 5) is 15.9. The van der Waals surface area contributed by atoms with Crippen LogP contribution in [-0.2, 0) is 6.54 Å². The molecule has 0 saturated carbocycles. The minimum atomic E-state index is -1.04. The number of halogens is 1. The zero-order chi connectivity index (χ0) is 15.0. The number of carboxylic acid groups (broad SMARTS) is 1. The van der Waals surface area contributed by atoms with Crippen LogP contribution in [0.15, 0.2) is 22.6 Å². The molecule has 0 bridgehead atoms. The van der Waals surface area contributed by atoms with Crippen molar-refractivity contribution in [1.82, 2.24) is 9.80 Å². The maximum absolute atomic E-state index is 11.4. The van der Waals surface area contributed by atoms with Gasteiger partial charge in [0.1, 0.15) is 5.58 Å². The molecule has 1 aromatic carbocycles. The molecule has 5 nitrogen and oxygen atoms in total. The second kappa shape index (κ2) is 5.67. The Hall–Kier alpha value is -1.56. The lowest BCUT2D eigenvalue weighted by atomic mass is 10.1. The van der Waals surface area contributed by atoms with Crippen LogP contribution in [0.1, 0.15) is 16.1 Å². The number of hydrogen-bond donors (Lipinski definition) is 1. The molecule has 0 radical (unpaired) electrons. The van der Waals surface area contributed by atoms with E-state index >= 15 is 0 Å². The van der Waals surface area contributed by atoms with E-state index in [-0.39, 0.29) is 5.76 Å². The van der Waals surface area contributed by atoms with Crippen molar-refractivity contribution >= 4 is 28.5 Å². The Kier molecular flexibility index (Phi) is 3.89. The number of carbonyl (C=O) groups is 1. The maximum atomic E-state index is 11.4. The van der Waals surface area contributed by atoms with E-state index in [1.165, 1.54) is 0 Å². The molecule has 21 heavy (non-hydrogen) atoms. The first-order valence-electron chi connectivity index (χ1n) is 6.89. The number of aromatic carboxylic acids is 1. The van der Waals surface area contributed by atoms with Crippen molar-refractivity contribution in [3.63, 3.8) is 0 Å². The van der Waals surface area contributed by atoms with Crippen LogP contribution < -0.4 is 0 Å². The van der Waals surface area contributed by atoms with Gasteiger partial charge in [-0.25, -0.2) is 4.79 Å². The van der Waals surface area contributed by atoms with Gasteiger partial charge in [-0.1, -0.05) is 11.6 Å². The highest BCUT2D eigenvalue weighted by atomic mass is 35.5. The van der Waals surface area contributed by atoms with E-state index in [9.17, 15) is 9.90 Å². The monoisotopic (exact) mass is 308 g/mol. The number of carboxylic acids is 1. The highest BCUT2D eigenvalue weighted by Gasteiger charge is 2.23. The van der Waals surface area contributed by atoms with Crippen LogP contribution in [0, 0.1) is 0 Å². The Labute approximate surface area is 127 Å². The Bertz CT molecular complexity index is 675. The lowest BCUT2D eigenvalue weighted by Gasteiger charge is -2.32. The molecule has 1 N–H and O–H groups in total. The summed E-state index contributed by atoms with van der Waals surface area (Å²) in [5.74, 6) is -1.02. The molecule has 3 rings (SSSR count). The van der Waals surface area contributed by atoms with E-state index < -0.39 is 5.97 Å². The SMILES string of the molecule is CN1CCN(Cc2c(C(=O)O)oc3ccc(Cl)cc23)CC1. The van der Waals surface area contributed by atoms with Crippen LogP contribution in [0.25, 0.3) is 11.0 Å². The molecule has 1 fully saturated rings.